The summed E-state index contributed by atoms with van der Waals surface area (Å²) in [4.78, 5) is 22.5. The van der Waals surface area contributed by atoms with Crippen molar-refractivity contribution in [1.29, 1.82) is 0 Å². The maximum absolute atomic E-state index is 12.6. The van der Waals surface area contributed by atoms with Gasteiger partial charge in [0.15, 0.2) is 0 Å². The first-order valence-electron chi connectivity index (χ1n) is 10.3. The number of carbonyl (C=O) groups is 1. The molecule has 0 N–H and O–H groups in total. The maximum Gasteiger partial charge on any atom is 0.264 e. The van der Waals surface area contributed by atoms with Gasteiger partial charge >= 0.3 is 0 Å². The van der Waals surface area contributed by atoms with Crippen LogP contribution in [-0.4, -0.2) is 78.3 Å². The van der Waals surface area contributed by atoms with E-state index in [0.717, 1.165) is 35.9 Å². The first kappa shape index (κ1) is 21.9. The van der Waals surface area contributed by atoms with Crippen molar-refractivity contribution in [2.75, 3.05) is 40.3 Å². The number of aryl methyl sites for hydroxylation is 1. The highest BCUT2D eigenvalue weighted by Crippen LogP contribution is 2.23. The van der Waals surface area contributed by atoms with Gasteiger partial charge in [0.05, 0.1) is 27.4 Å². The highest BCUT2D eigenvalue weighted by molar-refractivity contribution is 7.89. The quantitative estimate of drug-likeness (QED) is 0.563. The number of piperazine rings is 1. The van der Waals surface area contributed by atoms with Gasteiger partial charge in [-0.2, -0.15) is 0 Å². The number of hydrogen-bond acceptors (Lipinski definition) is 6. The van der Waals surface area contributed by atoms with Gasteiger partial charge in [0.25, 0.3) is 5.91 Å². The van der Waals surface area contributed by atoms with Crippen molar-refractivity contribution in [1.82, 2.24) is 23.7 Å². The predicted octanol–water partition coefficient (Wildman–Crippen LogP) is 2.33. The lowest BCUT2D eigenvalue weighted by Crippen LogP contribution is -2.48. The minimum Gasteiger partial charge on any atom is -0.335 e. The fourth-order valence-corrected chi connectivity index (χ4v) is 5.48. The molecule has 0 bridgehead atoms. The number of fused-ring (bicyclic) bond motifs is 1. The van der Waals surface area contributed by atoms with Crippen LogP contribution in [0.25, 0.3) is 11.0 Å². The average Bonchev–Trinajstić information content (AvgIpc) is 3.40. The van der Waals surface area contributed by atoms with Crippen molar-refractivity contribution in [3.63, 3.8) is 0 Å². The largest absolute Gasteiger partial charge is 0.335 e. The monoisotopic (exact) mass is 461 g/mol. The van der Waals surface area contributed by atoms with Gasteiger partial charge in [-0.25, -0.2) is 17.7 Å². The Hall–Kier alpha value is -2.27. The molecule has 31 heavy (non-hydrogen) atoms. The number of imidazole rings is 1. The Kier molecular flexibility index (Phi) is 6.16. The molecule has 4 rings (SSSR count). The molecule has 0 aliphatic carbocycles. The molecule has 1 amide bonds. The Morgan fingerprint density at radius 1 is 1.16 bits per heavy atom. The number of carbonyl (C=O) groups excluding carboxylic acids is 1. The van der Waals surface area contributed by atoms with E-state index in [4.69, 9.17) is 4.98 Å². The summed E-state index contributed by atoms with van der Waals surface area (Å²) in [6.07, 6.45) is 0. The molecule has 10 heteroatoms. The van der Waals surface area contributed by atoms with Crippen molar-refractivity contribution in [2.24, 2.45) is 0 Å². The zero-order chi connectivity index (χ0) is 22.2. The van der Waals surface area contributed by atoms with Crippen LogP contribution in [0.3, 0.4) is 0 Å². The first-order valence-corrected chi connectivity index (χ1v) is 12.6. The zero-order valence-corrected chi connectivity index (χ0v) is 19.6. The summed E-state index contributed by atoms with van der Waals surface area (Å²) < 4.78 is 28.3. The third-order valence-electron chi connectivity index (χ3n) is 5.65. The van der Waals surface area contributed by atoms with E-state index in [-0.39, 0.29) is 10.8 Å². The van der Waals surface area contributed by atoms with Gasteiger partial charge in [-0.05, 0) is 36.6 Å². The van der Waals surface area contributed by atoms with E-state index in [9.17, 15) is 13.2 Å². The third kappa shape index (κ3) is 4.25. The molecule has 3 heterocycles. The average molecular weight is 462 g/mol. The second kappa shape index (κ2) is 8.70. The molecule has 0 atom stereocenters. The summed E-state index contributed by atoms with van der Waals surface area (Å²) in [6, 6.07) is 8.90. The molecule has 0 radical (unpaired) electrons. The van der Waals surface area contributed by atoms with Gasteiger partial charge in [-0.3, -0.25) is 9.69 Å². The van der Waals surface area contributed by atoms with Crippen molar-refractivity contribution < 1.29 is 13.2 Å². The van der Waals surface area contributed by atoms with Crippen LogP contribution in [0.2, 0.25) is 0 Å². The SMILES string of the molecule is CCn1c(CN2CCN(C(=O)c3cccs3)CC2)nc2cc(S(=O)(=O)N(C)C)ccc21. The topological polar surface area (TPSA) is 78.8 Å². The molecular formula is C21H27N5O3S2. The Morgan fingerprint density at radius 2 is 1.90 bits per heavy atom. The van der Waals surface area contributed by atoms with Crippen LogP contribution in [0.5, 0.6) is 0 Å². The normalized spacial score (nSPS) is 15.8. The Morgan fingerprint density at radius 3 is 2.52 bits per heavy atom. The molecule has 1 fully saturated rings. The third-order valence-corrected chi connectivity index (χ3v) is 8.32. The molecule has 1 aliphatic rings. The first-order chi connectivity index (χ1) is 14.8. The summed E-state index contributed by atoms with van der Waals surface area (Å²) in [5, 5.41) is 1.92. The standard InChI is InChI=1S/C21H27N5O3S2/c1-4-26-18-8-7-16(31(28,29)23(2)3)14-17(18)22-20(26)15-24-9-11-25(12-10-24)21(27)19-6-5-13-30-19/h5-8,13-14H,4,9-12,15H2,1-3H3. The van der Waals surface area contributed by atoms with E-state index in [1.807, 2.05) is 28.5 Å². The summed E-state index contributed by atoms with van der Waals surface area (Å²) >= 11 is 1.48. The van der Waals surface area contributed by atoms with E-state index in [1.165, 1.54) is 29.7 Å². The molecule has 2 aromatic heterocycles. The number of thiophene rings is 1. The van der Waals surface area contributed by atoms with Gasteiger partial charge in [0.1, 0.15) is 5.82 Å². The molecule has 1 saturated heterocycles. The lowest BCUT2D eigenvalue weighted by atomic mass is 10.3. The Bertz CT molecular complexity index is 1180. The van der Waals surface area contributed by atoms with Crippen molar-refractivity contribution >= 4 is 38.3 Å². The number of benzene rings is 1. The smallest absolute Gasteiger partial charge is 0.264 e. The summed E-state index contributed by atoms with van der Waals surface area (Å²) in [7, 11) is -0.449. The van der Waals surface area contributed by atoms with Crippen LogP contribution in [0, 0.1) is 0 Å². The lowest BCUT2D eigenvalue weighted by Gasteiger charge is -2.34. The molecule has 0 saturated carbocycles. The number of nitrogens with zero attached hydrogens (tertiary/aromatic N) is 5. The van der Waals surface area contributed by atoms with Crippen LogP contribution in [-0.2, 0) is 23.1 Å². The van der Waals surface area contributed by atoms with E-state index < -0.39 is 10.0 Å². The molecule has 3 aromatic rings. The van der Waals surface area contributed by atoms with E-state index >= 15 is 0 Å². The van der Waals surface area contributed by atoms with Gasteiger partial charge < -0.3 is 9.47 Å². The lowest BCUT2D eigenvalue weighted by molar-refractivity contribution is 0.0629. The summed E-state index contributed by atoms with van der Waals surface area (Å²) in [5.74, 6) is 1.01. The predicted molar refractivity (Wildman–Crippen MR) is 122 cm³/mol. The fraction of sp³-hybridized carbons (Fsp3) is 0.429. The van der Waals surface area contributed by atoms with E-state index in [0.29, 0.717) is 25.2 Å². The number of hydrogen-bond donors (Lipinski definition) is 0. The van der Waals surface area contributed by atoms with Gasteiger partial charge in [-0.15, -0.1) is 11.3 Å². The number of aromatic nitrogens is 2. The molecular weight excluding hydrogens is 434 g/mol. The van der Waals surface area contributed by atoms with Gasteiger partial charge in [0.2, 0.25) is 10.0 Å². The number of rotatable bonds is 6. The van der Waals surface area contributed by atoms with Crippen LogP contribution in [0.15, 0.2) is 40.6 Å². The van der Waals surface area contributed by atoms with Crippen molar-refractivity contribution in [3.8, 4) is 0 Å². The second-order valence-corrected chi connectivity index (χ2v) is 10.9. The van der Waals surface area contributed by atoms with Crippen LogP contribution in [0.4, 0.5) is 0 Å². The molecule has 0 unspecified atom stereocenters. The van der Waals surface area contributed by atoms with Crippen molar-refractivity contribution in [3.05, 3.63) is 46.4 Å². The summed E-state index contributed by atoms with van der Waals surface area (Å²) in [6.45, 7) is 6.42. The van der Waals surface area contributed by atoms with Crippen LogP contribution < -0.4 is 0 Å². The fourth-order valence-electron chi connectivity index (χ4n) is 3.87. The minimum atomic E-state index is -3.50. The summed E-state index contributed by atoms with van der Waals surface area (Å²) in [5.41, 5.74) is 1.62. The van der Waals surface area contributed by atoms with E-state index in [1.54, 1.807) is 12.1 Å². The van der Waals surface area contributed by atoms with Gasteiger partial charge in [0, 0.05) is 46.8 Å². The molecule has 166 valence electrons. The van der Waals surface area contributed by atoms with Crippen LogP contribution >= 0.6 is 11.3 Å². The molecule has 1 aromatic carbocycles. The highest BCUT2D eigenvalue weighted by atomic mass is 32.2. The molecule has 0 spiro atoms. The zero-order valence-electron chi connectivity index (χ0n) is 18.0. The van der Waals surface area contributed by atoms with Gasteiger partial charge in [-0.1, -0.05) is 6.07 Å². The van der Waals surface area contributed by atoms with Crippen molar-refractivity contribution in [2.45, 2.75) is 24.9 Å². The number of amides is 1. The number of sulfonamides is 1. The van der Waals surface area contributed by atoms with Crippen LogP contribution in [0.1, 0.15) is 22.4 Å². The highest BCUT2D eigenvalue weighted by Gasteiger charge is 2.24. The maximum atomic E-state index is 12.6. The minimum absolute atomic E-state index is 0.102. The Labute approximate surface area is 186 Å². The van der Waals surface area contributed by atoms with E-state index in [2.05, 4.69) is 16.4 Å². The molecule has 8 nitrogen and oxygen atoms in total. The Balaban J connectivity index is 1.50. The molecule has 1 aliphatic heterocycles. The second-order valence-electron chi connectivity index (χ2n) is 7.76.